The lowest BCUT2D eigenvalue weighted by Crippen LogP contribution is -2.20. The van der Waals surface area contributed by atoms with E-state index in [-0.39, 0.29) is 30.7 Å². The van der Waals surface area contributed by atoms with Crippen LogP contribution in [0, 0.1) is 0 Å². The Hall–Kier alpha value is -3.06. The van der Waals surface area contributed by atoms with E-state index in [2.05, 4.69) is 10.3 Å². The maximum Gasteiger partial charge on any atom is 0.306 e. The third kappa shape index (κ3) is 4.68. The molecular weight excluding hydrogens is 388 g/mol. The molecule has 148 valence electrons. The van der Waals surface area contributed by atoms with Crippen molar-refractivity contribution < 1.29 is 19.1 Å². The number of benzene rings is 2. The highest BCUT2D eigenvalue weighted by Crippen LogP contribution is 2.24. The van der Waals surface area contributed by atoms with Crippen LogP contribution in [0.4, 0.5) is 5.69 Å². The summed E-state index contributed by atoms with van der Waals surface area (Å²) in [4.78, 5) is 40.2. The molecule has 0 saturated carbocycles. The Morgan fingerprint density at radius 1 is 1.14 bits per heavy atom. The second-order valence-corrected chi connectivity index (χ2v) is 8.05. The van der Waals surface area contributed by atoms with Crippen LogP contribution in [-0.4, -0.2) is 29.3 Å². The molecule has 0 saturated heterocycles. The molecule has 1 aliphatic rings. The molecule has 1 aliphatic heterocycles. The number of aryl methyl sites for hydroxylation is 2. The van der Waals surface area contributed by atoms with Gasteiger partial charge in [0.05, 0.1) is 15.2 Å². The minimum Gasteiger partial charge on any atom is -0.457 e. The summed E-state index contributed by atoms with van der Waals surface area (Å²) in [6.07, 6.45) is 2.60. The summed E-state index contributed by atoms with van der Waals surface area (Å²) in [6.45, 7) is -0.273. The van der Waals surface area contributed by atoms with Crippen molar-refractivity contribution in [2.75, 3.05) is 11.9 Å². The Morgan fingerprint density at radius 3 is 2.86 bits per heavy atom. The lowest BCUT2D eigenvalue weighted by Gasteiger charge is -2.17. The molecule has 1 aromatic heterocycles. The highest BCUT2D eigenvalue weighted by Gasteiger charge is 2.17. The van der Waals surface area contributed by atoms with Gasteiger partial charge in [0, 0.05) is 24.1 Å². The Labute approximate surface area is 171 Å². The first-order valence-corrected chi connectivity index (χ1v) is 10.4. The van der Waals surface area contributed by atoms with E-state index in [0.717, 1.165) is 26.5 Å². The number of nitrogens with zero attached hydrogens (tertiary/aromatic N) is 1. The van der Waals surface area contributed by atoms with Crippen LogP contribution in [0.5, 0.6) is 0 Å². The number of amides is 1. The molecule has 1 N–H and O–H groups in total. The van der Waals surface area contributed by atoms with E-state index in [1.807, 2.05) is 24.3 Å². The molecule has 2 heterocycles. The SMILES string of the molecule is O=C1CCc2cc(C(=O)COC(=O)CCCc3nc4ccccc4s3)ccc2N1. The van der Waals surface area contributed by atoms with Gasteiger partial charge in [-0.15, -0.1) is 11.3 Å². The third-order valence-corrected chi connectivity index (χ3v) is 5.89. The van der Waals surface area contributed by atoms with Crippen molar-refractivity contribution in [3.05, 3.63) is 58.6 Å². The van der Waals surface area contributed by atoms with Crippen LogP contribution in [0.3, 0.4) is 0 Å². The van der Waals surface area contributed by atoms with Gasteiger partial charge in [0.15, 0.2) is 12.4 Å². The molecule has 0 unspecified atom stereocenters. The van der Waals surface area contributed by atoms with E-state index in [1.54, 1.807) is 29.5 Å². The fourth-order valence-corrected chi connectivity index (χ4v) is 4.28. The molecule has 2 aromatic carbocycles. The Balaban J connectivity index is 1.24. The van der Waals surface area contributed by atoms with Crippen LogP contribution in [0.1, 0.15) is 40.2 Å². The number of ether oxygens (including phenoxy) is 1. The number of hydrogen-bond donors (Lipinski definition) is 1. The number of thiazole rings is 1. The molecule has 6 nitrogen and oxygen atoms in total. The van der Waals surface area contributed by atoms with Gasteiger partial charge < -0.3 is 10.1 Å². The predicted octanol–water partition coefficient (Wildman–Crippen LogP) is 3.93. The van der Waals surface area contributed by atoms with Crippen molar-refractivity contribution in [3.63, 3.8) is 0 Å². The van der Waals surface area contributed by atoms with Gasteiger partial charge in [-0.05, 0) is 55.2 Å². The smallest absolute Gasteiger partial charge is 0.306 e. The number of fused-ring (bicyclic) bond motifs is 2. The number of rotatable bonds is 7. The van der Waals surface area contributed by atoms with Crippen molar-refractivity contribution in [3.8, 4) is 0 Å². The summed E-state index contributed by atoms with van der Waals surface area (Å²) in [5, 5.41) is 3.78. The zero-order valence-electron chi connectivity index (χ0n) is 15.8. The topological polar surface area (TPSA) is 85.4 Å². The Morgan fingerprint density at radius 2 is 2.00 bits per heavy atom. The molecule has 0 spiro atoms. The first kappa shape index (κ1) is 19.3. The number of carbonyl (C=O) groups excluding carboxylic acids is 3. The van der Waals surface area contributed by atoms with Gasteiger partial charge in [-0.25, -0.2) is 4.98 Å². The summed E-state index contributed by atoms with van der Waals surface area (Å²) < 4.78 is 6.28. The summed E-state index contributed by atoms with van der Waals surface area (Å²) in [5.41, 5.74) is 3.13. The quantitative estimate of drug-likeness (QED) is 0.473. The highest BCUT2D eigenvalue weighted by molar-refractivity contribution is 7.18. The second-order valence-electron chi connectivity index (χ2n) is 6.93. The second kappa shape index (κ2) is 8.53. The number of carbonyl (C=O) groups is 3. The standard InChI is InChI=1S/C22H20N2O4S/c25-18(15-8-10-16-14(12-15)9-11-20(26)23-16)13-28-22(27)7-3-6-21-24-17-4-1-2-5-19(17)29-21/h1-2,4-5,8,10,12H,3,6-7,9,11,13H2,(H,23,26). The van der Waals surface area contributed by atoms with E-state index in [9.17, 15) is 14.4 Å². The molecule has 3 aromatic rings. The molecule has 0 fully saturated rings. The Kier molecular flexibility index (Phi) is 5.67. The largest absolute Gasteiger partial charge is 0.457 e. The lowest BCUT2D eigenvalue weighted by molar-refractivity contribution is -0.142. The average molecular weight is 408 g/mol. The number of ketones is 1. The van der Waals surface area contributed by atoms with Crippen LogP contribution < -0.4 is 5.32 Å². The molecule has 0 bridgehead atoms. The zero-order chi connectivity index (χ0) is 20.2. The van der Waals surface area contributed by atoms with Crippen molar-refractivity contribution >= 4 is 44.9 Å². The number of Topliss-reactive ketones (excluding diaryl/α,β-unsaturated/α-hetero) is 1. The van der Waals surface area contributed by atoms with Crippen LogP contribution in [0.2, 0.25) is 0 Å². The van der Waals surface area contributed by atoms with Gasteiger partial charge in [-0.1, -0.05) is 12.1 Å². The van der Waals surface area contributed by atoms with E-state index in [4.69, 9.17) is 4.74 Å². The van der Waals surface area contributed by atoms with E-state index in [0.29, 0.717) is 31.2 Å². The predicted molar refractivity (Wildman–Crippen MR) is 111 cm³/mol. The number of anilines is 1. The zero-order valence-corrected chi connectivity index (χ0v) is 16.6. The number of hydrogen-bond acceptors (Lipinski definition) is 6. The fourth-order valence-electron chi connectivity index (χ4n) is 3.27. The van der Waals surface area contributed by atoms with Crippen LogP contribution in [0.25, 0.3) is 10.2 Å². The summed E-state index contributed by atoms with van der Waals surface area (Å²) >= 11 is 1.63. The van der Waals surface area contributed by atoms with Gasteiger partial charge in [-0.3, -0.25) is 14.4 Å². The molecule has 7 heteroatoms. The normalized spacial score (nSPS) is 13.0. The van der Waals surface area contributed by atoms with E-state index < -0.39 is 0 Å². The molecule has 4 rings (SSSR count). The van der Waals surface area contributed by atoms with Crippen molar-refractivity contribution in [1.82, 2.24) is 4.98 Å². The van der Waals surface area contributed by atoms with Gasteiger partial charge >= 0.3 is 5.97 Å². The van der Waals surface area contributed by atoms with Crippen molar-refractivity contribution in [1.29, 1.82) is 0 Å². The highest BCUT2D eigenvalue weighted by atomic mass is 32.1. The van der Waals surface area contributed by atoms with Crippen LogP contribution >= 0.6 is 11.3 Å². The maximum atomic E-state index is 12.3. The first-order valence-electron chi connectivity index (χ1n) is 9.54. The number of esters is 1. The van der Waals surface area contributed by atoms with Gasteiger partial charge in [-0.2, -0.15) is 0 Å². The van der Waals surface area contributed by atoms with Gasteiger partial charge in [0.1, 0.15) is 0 Å². The summed E-state index contributed by atoms with van der Waals surface area (Å²) in [7, 11) is 0. The fraction of sp³-hybridized carbons (Fsp3) is 0.273. The number of para-hydroxylation sites is 1. The minimum absolute atomic E-state index is 0.0173. The van der Waals surface area contributed by atoms with Gasteiger partial charge in [0.2, 0.25) is 5.91 Å². The molecular formula is C22H20N2O4S. The molecule has 0 aliphatic carbocycles. The first-order chi connectivity index (χ1) is 14.1. The summed E-state index contributed by atoms with van der Waals surface area (Å²) in [5.74, 6) is -0.648. The Bertz CT molecular complexity index is 1060. The number of nitrogens with one attached hydrogen (secondary N) is 1. The van der Waals surface area contributed by atoms with E-state index >= 15 is 0 Å². The summed E-state index contributed by atoms with van der Waals surface area (Å²) in [6, 6.07) is 13.1. The maximum absolute atomic E-state index is 12.3. The van der Waals surface area contributed by atoms with Crippen LogP contribution in [0.15, 0.2) is 42.5 Å². The molecule has 0 atom stereocenters. The average Bonchev–Trinajstić information content (AvgIpc) is 3.14. The molecule has 1 amide bonds. The molecule has 29 heavy (non-hydrogen) atoms. The van der Waals surface area contributed by atoms with E-state index in [1.165, 1.54) is 0 Å². The number of aromatic nitrogens is 1. The lowest BCUT2D eigenvalue weighted by atomic mass is 9.99. The monoisotopic (exact) mass is 408 g/mol. The van der Waals surface area contributed by atoms with Crippen molar-refractivity contribution in [2.24, 2.45) is 0 Å². The van der Waals surface area contributed by atoms with Crippen molar-refractivity contribution in [2.45, 2.75) is 32.1 Å². The minimum atomic E-state index is -0.385. The third-order valence-electron chi connectivity index (χ3n) is 4.80. The van der Waals surface area contributed by atoms with Crippen LogP contribution in [-0.2, 0) is 27.2 Å². The van der Waals surface area contributed by atoms with Gasteiger partial charge in [0.25, 0.3) is 0 Å². The molecule has 0 radical (unpaired) electrons.